The van der Waals surface area contributed by atoms with Crippen LogP contribution in [0.15, 0.2) is 0 Å². The smallest absolute Gasteiger partial charge is 0.240 e. The van der Waals surface area contributed by atoms with Crippen molar-refractivity contribution in [2.45, 2.75) is 65.5 Å². The topological polar surface area (TPSA) is 78.7 Å². The average molecular weight is 353 g/mol. The molecule has 0 aromatic rings. The molecule has 25 heavy (non-hydrogen) atoms. The molecular formula is C19H36N4O2. The van der Waals surface area contributed by atoms with Gasteiger partial charge < -0.3 is 16.0 Å². The molecule has 2 unspecified atom stereocenters. The molecular weight excluding hydrogens is 316 g/mol. The first-order valence-electron chi connectivity index (χ1n) is 9.73. The predicted octanol–water partition coefficient (Wildman–Crippen LogP) is 1.20. The molecule has 2 rings (SSSR count). The first-order chi connectivity index (χ1) is 11.7. The minimum Gasteiger partial charge on any atom is -0.352 e. The third-order valence-electron chi connectivity index (χ3n) is 5.55. The van der Waals surface area contributed by atoms with E-state index in [-0.39, 0.29) is 17.2 Å². The average Bonchev–Trinajstić information content (AvgIpc) is 2.53. The summed E-state index contributed by atoms with van der Waals surface area (Å²) in [6.45, 7) is 11.4. The minimum absolute atomic E-state index is 0.0211. The van der Waals surface area contributed by atoms with Crippen molar-refractivity contribution in [3.05, 3.63) is 0 Å². The van der Waals surface area contributed by atoms with Crippen molar-refractivity contribution in [1.29, 1.82) is 0 Å². The van der Waals surface area contributed by atoms with Gasteiger partial charge in [-0.3, -0.25) is 14.5 Å². The van der Waals surface area contributed by atoms with Gasteiger partial charge in [-0.2, -0.15) is 0 Å². The lowest BCUT2D eigenvalue weighted by Crippen LogP contribution is -2.57. The molecule has 0 aromatic heterocycles. The van der Waals surface area contributed by atoms with Gasteiger partial charge in [0.15, 0.2) is 0 Å². The van der Waals surface area contributed by atoms with Crippen molar-refractivity contribution in [2.24, 2.45) is 17.1 Å². The maximum absolute atomic E-state index is 12.5. The number of rotatable bonds is 4. The van der Waals surface area contributed by atoms with Crippen molar-refractivity contribution in [2.75, 3.05) is 32.7 Å². The van der Waals surface area contributed by atoms with E-state index in [1.54, 1.807) is 0 Å². The maximum atomic E-state index is 12.5. The number of hydrogen-bond acceptors (Lipinski definition) is 4. The molecule has 0 radical (unpaired) electrons. The molecule has 1 saturated heterocycles. The van der Waals surface area contributed by atoms with Crippen molar-refractivity contribution in [3.8, 4) is 0 Å². The van der Waals surface area contributed by atoms with E-state index in [4.69, 9.17) is 5.73 Å². The lowest BCUT2D eigenvalue weighted by molar-refractivity contribution is -0.137. The zero-order valence-electron chi connectivity index (χ0n) is 16.4. The van der Waals surface area contributed by atoms with Crippen LogP contribution < -0.4 is 11.1 Å². The Labute approximate surface area is 152 Å². The Morgan fingerprint density at radius 1 is 1.16 bits per heavy atom. The number of amides is 2. The Bertz CT molecular complexity index is 467. The Kier molecular flexibility index (Phi) is 6.86. The van der Waals surface area contributed by atoms with Gasteiger partial charge in [-0.05, 0) is 24.2 Å². The van der Waals surface area contributed by atoms with Gasteiger partial charge >= 0.3 is 0 Å². The molecule has 1 saturated carbocycles. The molecule has 2 fully saturated rings. The van der Waals surface area contributed by atoms with E-state index < -0.39 is 6.04 Å². The molecule has 0 bridgehead atoms. The molecule has 3 atom stereocenters. The van der Waals surface area contributed by atoms with Gasteiger partial charge in [-0.1, -0.05) is 40.5 Å². The number of nitrogens with zero attached hydrogens (tertiary/aromatic N) is 2. The lowest BCUT2D eigenvalue weighted by atomic mass is 9.86. The molecule has 6 nitrogen and oxygen atoms in total. The van der Waals surface area contributed by atoms with Crippen LogP contribution in [0.3, 0.4) is 0 Å². The van der Waals surface area contributed by atoms with Gasteiger partial charge in [0.25, 0.3) is 0 Å². The molecule has 1 aliphatic carbocycles. The van der Waals surface area contributed by atoms with Crippen LogP contribution in [-0.4, -0.2) is 66.4 Å². The summed E-state index contributed by atoms with van der Waals surface area (Å²) < 4.78 is 0. The highest BCUT2D eigenvalue weighted by Crippen LogP contribution is 2.23. The quantitative estimate of drug-likeness (QED) is 0.797. The molecule has 0 aromatic carbocycles. The number of nitrogens with one attached hydrogen (secondary N) is 1. The summed E-state index contributed by atoms with van der Waals surface area (Å²) in [4.78, 5) is 28.7. The normalized spacial score (nSPS) is 27.0. The van der Waals surface area contributed by atoms with Crippen LogP contribution in [0.25, 0.3) is 0 Å². The zero-order valence-corrected chi connectivity index (χ0v) is 16.4. The standard InChI is InChI=1S/C19H36N4O2/c1-14-6-5-7-15(12-14)21-16(24)13-22-8-10-23(11-9-22)18(25)17(20)19(2,3)4/h14-15,17H,5-13,20H2,1-4H3,(H,21,24)/t14?,15?,17-/m1/s1. The second-order valence-corrected chi connectivity index (χ2v) is 8.98. The van der Waals surface area contributed by atoms with Crippen LogP contribution in [-0.2, 0) is 9.59 Å². The van der Waals surface area contributed by atoms with Crippen molar-refractivity contribution >= 4 is 11.8 Å². The first kappa shape index (κ1) is 20.2. The fourth-order valence-electron chi connectivity index (χ4n) is 3.74. The van der Waals surface area contributed by atoms with Gasteiger partial charge in [0.05, 0.1) is 12.6 Å². The Balaban J connectivity index is 1.73. The van der Waals surface area contributed by atoms with Crippen LogP contribution in [0, 0.1) is 11.3 Å². The largest absolute Gasteiger partial charge is 0.352 e. The highest BCUT2D eigenvalue weighted by molar-refractivity contribution is 5.82. The lowest BCUT2D eigenvalue weighted by Gasteiger charge is -2.38. The number of carbonyl (C=O) groups is 2. The summed E-state index contributed by atoms with van der Waals surface area (Å²) >= 11 is 0. The van der Waals surface area contributed by atoms with Gasteiger partial charge in [-0.25, -0.2) is 0 Å². The fraction of sp³-hybridized carbons (Fsp3) is 0.895. The van der Waals surface area contributed by atoms with Gasteiger partial charge in [0.2, 0.25) is 11.8 Å². The molecule has 1 heterocycles. The second-order valence-electron chi connectivity index (χ2n) is 8.98. The molecule has 6 heteroatoms. The third kappa shape index (κ3) is 5.96. The van der Waals surface area contributed by atoms with E-state index in [0.717, 1.165) is 25.9 Å². The molecule has 0 spiro atoms. The first-order valence-corrected chi connectivity index (χ1v) is 9.73. The molecule has 2 amide bonds. The van der Waals surface area contributed by atoms with Crippen LogP contribution in [0.4, 0.5) is 0 Å². The summed E-state index contributed by atoms with van der Waals surface area (Å²) in [6.07, 6.45) is 4.68. The van der Waals surface area contributed by atoms with Crippen LogP contribution >= 0.6 is 0 Å². The van der Waals surface area contributed by atoms with E-state index in [2.05, 4.69) is 17.1 Å². The minimum atomic E-state index is -0.476. The zero-order chi connectivity index (χ0) is 18.6. The van der Waals surface area contributed by atoms with Crippen molar-refractivity contribution in [3.63, 3.8) is 0 Å². The second kappa shape index (κ2) is 8.49. The molecule has 1 aliphatic heterocycles. The van der Waals surface area contributed by atoms with E-state index in [9.17, 15) is 9.59 Å². The molecule has 2 aliphatic rings. The summed E-state index contributed by atoms with van der Waals surface area (Å²) in [6, 6.07) is -0.139. The van der Waals surface area contributed by atoms with Gasteiger partial charge in [-0.15, -0.1) is 0 Å². The Morgan fingerprint density at radius 3 is 2.36 bits per heavy atom. The summed E-state index contributed by atoms with van der Waals surface area (Å²) in [5.74, 6) is 0.846. The molecule has 144 valence electrons. The Morgan fingerprint density at radius 2 is 1.80 bits per heavy atom. The van der Waals surface area contributed by atoms with Crippen LogP contribution in [0.5, 0.6) is 0 Å². The van der Waals surface area contributed by atoms with E-state index in [1.165, 1.54) is 12.8 Å². The summed E-state index contributed by atoms with van der Waals surface area (Å²) in [5.41, 5.74) is 5.86. The van der Waals surface area contributed by atoms with Crippen molar-refractivity contribution < 1.29 is 9.59 Å². The van der Waals surface area contributed by atoms with Crippen molar-refractivity contribution in [1.82, 2.24) is 15.1 Å². The van der Waals surface area contributed by atoms with E-state index >= 15 is 0 Å². The monoisotopic (exact) mass is 352 g/mol. The van der Waals surface area contributed by atoms with E-state index in [0.29, 0.717) is 31.6 Å². The van der Waals surface area contributed by atoms with Crippen LogP contribution in [0.1, 0.15) is 53.4 Å². The maximum Gasteiger partial charge on any atom is 0.240 e. The number of hydrogen-bond donors (Lipinski definition) is 2. The SMILES string of the molecule is CC1CCCC(NC(=O)CN2CCN(C(=O)[C@@H](N)C(C)(C)C)CC2)C1. The number of piperazine rings is 1. The number of carbonyl (C=O) groups excluding carboxylic acids is 2. The number of nitrogens with two attached hydrogens (primary N) is 1. The van der Waals surface area contributed by atoms with Gasteiger partial charge in [0.1, 0.15) is 0 Å². The van der Waals surface area contributed by atoms with Crippen LogP contribution in [0.2, 0.25) is 0 Å². The predicted molar refractivity (Wildman–Crippen MR) is 100 cm³/mol. The fourth-order valence-corrected chi connectivity index (χ4v) is 3.74. The highest BCUT2D eigenvalue weighted by atomic mass is 16.2. The highest BCUT2D eigenvalue weighted by Gasteiger charge is 2.32. The van der Waals surface area contributed by atoms with Gasteiger partial charge in [0, 0.05) is 32.2 Å². The third-order valence-corrected chi connectivity index (χ3v) is 5.55. The summed E-state index contributed by atoms with van der Waals surface area (Å²) in [7, 11) is 0. The molecule has 3 N–H and O–H groups in total. The summed E-state index contributed by atoms with van der Waals surface area (Å²) in [5, 5.41) is 3.19. The van der Waals surface area contributed by atoms with E-state index in [1.807, 2.05) is 25.7 Å². The Hall–Kier alpha value is -1.14.